The van der Waals surface area contributed by atoms with Crippen LogP contribution in [0.4, 0.5) is 0 Å². The predicted molar refractivity (Wildman–Crippen MR) is 65.8 cm³/mol. The largest absolute Gasteiger partial charge is 0.469 e. The molecule has 0 saturated heterocycles. The zero-order chi connectivity index (χ0) is 11.4. The third kappa shape index (κ3) is 2.93. The highest BCUT2D eigenvalue weighted by molar-refractivity contribution is 7.09. The van der Waals surface area contributed by atoms with E-state index in [-0.39, 0.29) is 0 Å². The Balaban J connectivity index is 1.95. The summed E-state index contributed by atoms with van der Waals surface area (Å²) in [7, 11) is 1.98. The van der Waals surface area contributed by atoms with E-state index in [1.54, 1.807) is 17.6 Å². The minimum atomic E-state index is 0.386. The molecule has 0 aliphatic carbocycles. The van der Waals surface area contributed by atoms with E-state index in [4.69, 9.17) is 4.42 Å². The van der Waals surface area contributed by atoms with Crippen LogP contribution in [0.15, 0.2) is 28.2 Å². The minimum absolute atomic E-state index is 0.386. The molecule has 0 saturated carbocycles. The molecule has 1 atom stereocenters. The van der Waals surface area contributed by atoms with Crippen molar-refractivity contribution in [1.82, 2.24) is 10.3 Å². The normalized spacial score (nSPS) is 12.9. The van der Waals surface area contributed by atoms with Gasteiger partial charge in [-0.05, 0) is 26.1 Å². The summed E-state index contributed by atoms with van der Waals surface area (Å²) in [5, 5.41) is 6.58. The van der Waals surface area contributed by atoms with Crippen molar-refractivity contribution in [2.75, 3.05) is 7.05 Å². The molecule has 0 aromatic carbocycles. The number of likely N-dealkylation sites (N-methyl/N-ethyl adjacent to an activating group) is 1. The predicted octanol–water partition coefficient (Wildman–Crippen LogP) is 2.42. The standard InChI is InChI=1S/C12H16N2OS/c1-9-8-16-12(14-9)7-10(13-2)6-11-4-3-5-15-11/h3-5,8,10,13H,6-7H2,1-2H3. The average molecular weight is 236 g/mol. The lowest BCUT2D eigenvalue weighted by Gasteiger charge is -2.12. The summed E-state index contributed by atoms with van der Waals surface area (Å²) in [5.41, 5.74) is 1.10. The van der Waals surface area contributed by atoms with Crippen molar-refractivity contribution in [3.8, 4) is 0 Å². The SMILES string of the molecule is CNC(Cc1ccco1)Cc1nc(C)cs1. The summed E-state index contributed by atoms with van der Waals surface area (Å²) in [6.45, 7) is 2.03. The number of thiazole rings is 1. The molecule has 86 valence electrons. The van der Waals surface area contributed by atoms with Gasteiger partial charge in [0.25, 0.3) is 0 Å². The molecule has 0 fully saturated rings. The maximum absolute atomic E-state index is 5.35. The zero-order valence-electron chi connectivity index (χ0n) is 9.56. The van der Waals surface area contributed by atoms with Crippen molar-refractivity contribution in [1.29, 1.82) is 0 Å². The number of hydrogen-bond acceptors (Lipinski definition) is 4. The molecule has 1 N–H and O–H groups in total. The molecular weight excluding hydrogens is 220 g/mol. The summed E-state index contributed by atoms with van der Waals surface area (Å²) in [6.07, 6.45) is 3.58. The van der Waals surface area contributed by atoms with E-state index in [1.807, 2.05) is 26.1 Å². The summed E-state index contributed by atoms with van der Waals surface area (Å²) in [6, 6.07) is 4.32. The minimum Gasteiger partial charge on any atom is -0.469 e. The van der Waals surface area contributed by atoms with Gasteiger partial charge in [-0.2, -0.15) is 0 Å². The number of aromatic nitrogens is 1. The van der Waals surface area contributed by atoms with Crippen LogP contribution in [0.1, 0.15) is 16.5 Å². The van der Waals surface area contributed by atoms with Gasteiger partial charge < -0.3 is 9.73 Å². The highest BCUT2D eigenvalue weighted by Crippen LogP contribution is 2.13. The first kappa shape index (κ1) is 11.4. The summed E-state index contributed by atoms with van der Waals surface area (Å²) >= 11 is 1.72. The number of nitrogens with one attached hydrogen (secondary N) is 1. The zero-order valence-corrected chi connectivity index (χ0v) is 10.4. The van der Waals surface area contributed by atoms with Gasteiger partial charge in [-0.3, -0.25) is 0 Å². The fourth-order valence-electron chi connectivity index (χ4n) is 1.66. The van der Waals surface area contributed by atoms with Gasteiger partial charge in [0.15, 0.2) is 0 Å². The lowest BCUT2D eigenvalue weighted by atomic mass is 10.1. The van der Waals surface area contributed by atoms with Crippen LogP contribution in [0.3, 0.4) is 0 Å². The van der Waals surface area contributed by atoms with Crippen LogP contribution < -0.4 is 5.32 Å². The molecule has 0 aliphatic rings. The molecule has 1 unspecified atom stereocenters. The molecule has 16 heavy (non-hydrogen) atoms. The number of hydrogen-bond donors (Lipinski definition) is 1. The van der Waals surface area contributed by atoms with Gasteiger partial charge in [-0.15, -0.1) is 11.3 Å². The molecule has 0 bridgehead atoms. The number of aryl methyl sites for hydroxylation is 1. The van der Waals surface area contributed by atoms with Crippen molar-refractivity contribution in [2.45, 2.75) is 25.8 Å². The molecule has 2 rings (SSSR count). The van der Waals surface area contributed by atoms with Gasteiger partial charge in [0.05, 0.1) is 11.3 Å². The first-order valence-electron chi connectivity index (χ1n) is 5.38. The van der Waals surface area contributed by atoms with Crippen molar-refractivity contribution in [2.24, 2.45) is 0 Å². The number of furan rings is 1. The molecule has 0 radical (unpaired) electrons. The highest BCUT2D eigenvalue weighted by Gasteiger charge is 2.11. The summed E-state index contributed by atoms with van der Waals surface area (Å²) in [5.74, 6) is 1.02. The Morgan fingerprint density at radius 3 is 2.94 bits per heavy atom. The van der Waals surface area contributed by atoms with Gasteiger partial charge >= 0.3 is 0 Å². The molecule has 0 amide bonds. The smallest absolute Gasteiger partial charge is 0.105 e. The first-order valence-corrected chi connectivity index (χ1v) is 6.26. The van der Waals surface area contributed by atoms with E-state index in [2.05, 4.69) is 15.7 Å². The molecular formula is C12H16N2OS. The molecule has 2 heterocycles. The molecule has 0 spiro atoms. The van der Waals surface area contributed by atoms with Crippen LogP contribution in [0, 0.1) is 6.92 Å². The van der Waals surface area contributed by atoms with Crippen LogP contribution in [-0.4, -0.2) is 18.1 Å². The van der Waals surface area contributed by atoms with Crippen LogP contribution in [-0.2, 0) is 12.8 Å². The van der Waals surface area contributed by atoms with Gasteiger partial charge in [0.2, 0.25) is 0 Å². The van der Waals surface area contributed by atoms with Gasteiger partial charge in [-0.1, -0.05) is 0 Å². The number of rotatable bonds is 5. The number of nitrogens with zero attached hydrogens (tertiary/aromatic N) is 1. The fraction of sp³-hybridized carbons (Fsp3) is 0.417. The van der Waals surface area contributed by atoms with Gasteiger partial charge in [0.1, 0.15) is 5.76 Å². The molecule has 4 heteroatoms. The summed E-state index contributed by atoms with van der Waals surface area (Å²) < 4.78 is 5.35. The Hall–Kier alpha value is -1.13. The Labute approximate surface area is 99.5 Å². The van der Waals surface area contributed by atoms with E-state index in [0.717, 1.165) is 24.3 Å². The van der Waals surface area contributed by atoms with Gasteiger partial charge in [0, 0.05) is 30.0 Å². The lowest BCUT2D eigenvalue weighted by Crippen LogP contribution is -2.29. The highest BCUT2D eigenvalue weighted by atomic mass is 32.1. The Bertz CT molecular complexity index is 422. The van der Waals surface area contributed by atoms with E-state index in [1.165, 1.54) is 5.01 Å². The van der Waals surface area contributed by atoms with Crippen molar-refractivity contribution < 1.29 is 4.42 Å². The van der Waals surface area contributed by atoms with Crippen LogP contribution in [0.2, 0.25) is 0 Å². The molecule has 3 nitrogen and oxygen atoms in total. The molecule has 2 aromatic rings. The second-order valence-corrected chi connectivity index (χ2v) is 4.80. The molecule has 0 aliphatic heterocycles. The second-order valence-electron chi connectivity index (χ2n) is 3.86. The van der Waals surface area contributed by atoms with Crippen molar-refractivity contribution in [3.63, 3.8) is 0 Å². The quantitative estimate of drug-likeness (QED) is 0.866. The topological polar surface area (TPSA) is 38.1 Å². The van der Waals surface area contributed by atoms with Crippen LogP contribution >= 0.6 is 11.3 Å². The summed E-state index contributed by atoms with van der Waals surface area (Å²) in [4.78, 5) is 4.48. The van der Waals surface area contributed by atoms with Crippen LogP contribution in [0.5, 0.6) is 0 Å². The maximum atomic E-state index is 5.35. The third-order valence-corrected chi connectivity index (χ3v) is 3.51. The monoisotopic (exact) mass is 236 g/mol. The van der Waals surface area contributed by atoms with Gasteiger partial charge in [-0.25, -0.2) is 4.98 Å². The van der Waals surface area contributed by atoms with E-state index in [0.29, 0.717) is 6.04 Å². The van der Waals surface area contributed by atoms with Crippen LogP contribution in [0.25, 0.3) is 0 Å². The first-order chi connectivity index (χ1) is 7.78. The van der Waals surface area contributed by atoms with Crippen molar-refractivity contribution in [3.05, 3.63) is 40.2 Å². The van der Waals surface area contributed by atoms with E-state index >= 15 is 0 Å². The van der Waals surface area contributed by atoms with E-state index < -0.39 is 0 Å². The Morgan fingerprint density at radius 1 is 1.50 bits per heavy atom. The fourth-order valence-corrected chi connectivity index (χ4v) is 2.51. The second kappa shape index (κ2) is 5.27. The maximum Gasteiger partial charge on any atom is 0.105 e. The average Bonchev–Trinajstić information content (AvgIpc) is 2.89. The van der Waals surface area contributed by atoms with E-state index in [9.17, 15) is 0 Å². The Morgan fingerprint density at radius 2 is 2.38 bits per heavy atom. The van der Waals surface area contributed by atoms with Crippen molar-refractivity contribution >= 4 is 11.3 Å². The lowest BCUT2D eigenvalue weighted by molar-refractivity contribution is 0.456. The Kier molecular flexibility index (Phi) is 3.74. The molecule has 2 aromatic heterocycles. The third-order valence-electron chi connectivity index (χ3n) is 2.52.